The smallest absolute Gasteiger partial charge is 0.338 e. The van der Waals surface area contributed by atoms with Crippen LogP contribution in [0, 0.1) is 0 Å². The highest BCUT2D eigenvalue weighted by molar-refractivity contribution is 5.93. The molecule has 0 aliphatic carbocycles. The fraction of sp³-hybridized carbons (Fsp3) is 0.167. The summed E-state index contributed by atoms with van der Waals surface area (Å²) in [6.07, 6.45) is 0. The third-order valence-corrected chi connectivity index (χ3v) is 1.91. The van der Waals surface area contributed by atoms with Gasteiger partial charge in [0, 0.05) is 0 Å². The van der Waals surface area contributed by atoms with E-state index in [9.17, 15) is 9.59 Å². The second-order valence-corrected chi connectivity index (χ2v) is 2.85. The monoisotopic (exact) mass is 220 g/mol. The molecule has 0 atom stereocenters. The Labute approximate surface area is 93.5 Å². The quantitative estimate of drug-likeness (QED) is 0.494. The summed E-state index contributed by atoms with van der Waals surface area (Å²) >= 11 is 0. The van der Waals surface area contributed by atoms with Gasteiger partial charge < -0.3 is 9.47 Å². The molecule has 0 radical (unpaired) electrons. The van der Waals surface area contributed by atoms with Crippen LogP contribution in [0.3, 0.4) is 0 Å². The molecule has 1 aromatic rings. The van der Waals surface area contributed by atoms with E-state index >= 15 is 0 Å². The van der Waals surface area contributed by atoms with E-state index in [2.05, 4.69) is 13.2 Å². The predicted octanol–water partition coefficient (Wildman–Crippen LogP) is 1.82. The maximum atomic E-state index is 11.3. The van der Waals surface area contributed by atoms with Crippen molar-refractivity contribution in [3.05, 3.63) is 48.6 Å². The van der Waals surface area contributed by atoms with E-state index < -0.39 is 11.9 Å². The largest absolute Gasteiger partial charge is 0.458 e. The fourth-order valence-electron chi connectivity index (χ4n) is 1.18. The zero-order valence-electron chi connectivity index (χ0n) is 8.77. The van der Waals surface area contributed by atoms with E-state index in [1.165, 1.54) is 0 Å². The summed E-state index contributed by atoms with van der Waals surface area (Å²) in [5, 5.41) is 0. The highest BCUT2D eigenvalue weighted by Crippen LogP contribution is 2.09. The Hall–Kier alpha value is -2.10. The van der Waals surface area contributed by atoms with Gasteiger partial charge in [-0.3, -0.25) is 0 Å². The van der Waals surface area contributed by atoms with E-state index in [4.69, 9.17) is 9.47 Å². The van der Waals surface area contributed by atoms with Gasteiger partial charge in [0.2, 0.25) is 0 Å². The third-order valence-electron chi connectivity index (χ3n) is 1.91. The third kappa shape index (κ3) is 2.70. The lowest BCUT2D eigenvalue weighted by molar-refractivity contribution is 0.0260. The van der Waals surface area contributed by atoms with E-state index in [1.807, 2.05) is 0 Å². The van der Waals surface area contributed by atoms with Gasteiger partial charge >= 0.3 is 11.9 Å². The summed E-state index contributed by atoms with van der Waals surface area (Å²) in [6.45, 7) is 6.20. The number of carbonyl (C=O) groups excluding carboxylic acids is 2. The van der Waals surface area contributed by atoms with Crippen LogP contribution < -0.4 is 0 Å². The standard InChI is InChI=1S/C10H8O4.C2H4/c11-9-7-1-2-8(4-3-7)10(12)14-6-5-13-9;1-2/h1-4H,5-6H2;1-2H2. The number of benzene rings is 1. The molecule has 2 aliphatic rings. The molecule has 3 rings (SSSR count). The lowest BCUT2D eigenvalue weighted by Gasteiger charge is -2.09. The van der Waals surface area contributed by atoms with Crippen molar-refractivity contribution in [3.63, 3.8) is 0 Å². The van der Waals surface area contributed by atoms with Crippen LogP contribution in [-0.2, 0) is 9.47 Å². The molecule has 0 fully saturated rings. The Morgan fingerprint density at radius 3 is 1.44 bits per heavy atom. The maximum Gasteiger partial charge on any atom is 0.338 e. The Bertz CT molecular complexity index is 344. The molecule has 2 bridgehead atoms. The summed E-state index contributed by atoms with van der Waals surface area (Å²) in [7, 11) is 0. The van der Waals surface area contributed by atoms with Gasteiger partial charge in [-0.15, -0.1) is 13.2 Å². The minimum Gasteiger partial charge on any atom is -0.458 e. The number of hydrogen-bond acceptors (Lipinski definition) is 4. The second kappa shape index (κ2) is 5.70. The molecule has 0 N–H and O–H groups in total. The highest BCUT2D eigenvalue weighted by Gasteiger charge is 2.13. The normalized spacial score (nSPS) is 14.2. The van der Waals surface area contributed by atoms with Crippen molar-refractivity contribution in [1.82, 2.24) is 0 Å². The number of esters is 2. The molecular weight excluding hydrogens is 208 g/mol. The van der Waals surface area contributed by atoms with Crippen LogP contribution in [-0.4, -0.2) is 25.2 Å². The summed E-state index contributed by atoms with van der Waals surface area (Å²) < 4.78 is 9.66. The first kappa shape index (κ1) is 12.0. The number of carbonyl (C=O) groups is 2. The number of fused-ring (bicyclic) bond motifs is 7. The second-order valence-electron chi connectivity index (χ2n) is 2.85. The molecule has 2 aliphatic heterocycles. The molecule has 0 saturated heterocycles. The molecule has 0 unspecified atom stereocenters. The Morgan fingerprint density at radius 2 is 1.12 bits per heavy atom. The topological polar surface area (TPSA) is 52.6 Å². The van der Waals surface area contributed by atoms with Crippen LogP contribution in [0.1, 0.15) is 20.7 Å². The highest BCUT2D eigenvalue weighted by atomic mass is 16.6. The van der Waals surface area contributed by atoms with Crippen molar-refractivity contribution in [2.45, 2.75) is 0 Å². The molecule has 4 nitrogen and oxygen atoms in total. The zero-order chi connectivity index (χ0) is 12.0. The van der Waals surface area contributed by atoms with Crippen LogP contribution >= 0.6 is 0 Å². The van der Waals surface area contributed by atoms with Gasteiger partial charge in [0.15, 0.2) is 0 Å². The minimum atomic E-state index is -0.394. The minimum absolute atomic E-state index is 0.100. The zero-order valence-corrected chi connectivity index (χ0v) is 8.77. The van der Waals surface area contributed by atoms with Crippen LogP contribution in [0.15, 0.2) is 37.4 Å². The number of hydrogen-bond donors (Lipinski definition) is 0. The van der Waals surface area contributed by atoms with Crippen molar-refractivity contribution < 1.29 is 19.1 Å². The number of rotatable bonds is 0. The average Bonchev–Trinajstić information content (AvgIpc) is 2.36. The maximum absolute atomic E-state index is 11.3. The van der Waals surface area contributed by atoms with Gasteiger partial charge in [0.05, 0.1) is 11.1 Å². The summed E-state index contributed by atoms with van der Waals surface area (Å²) in [4.78, 5) is 22.5. The number of ether oxygens (including phenoxy) is 2. The molecule has 16 heavy (non-hydrogen) atoms. The Morgan fingerprint density at radius 1 is 0.812 bits per heavy atom. The summed E-state index contributed by atoms with van der Waals surface area (Å²) in [5.74, 6) is -0.788. The molecule has 1 aromatic carbocycles. The molecule has 0 amide bonds. The van der Waals surface area contributed by atoms with Crippen LogP contribution in [0.2, 0.25) is 0 Å². The molecule has 0 aromatic heterocycles. The van der Waals surface area contributed by atoms with Crippen molar-refractivity contribution >= 4 is 11.9 Å². The van der Waals surface area contributed by atoms with E-state index in [0.29, 0.717) is 11.1 Å². The van der Waals surface area contributed by atoms with E-state index in [1.54, 1.807) is 24.3 Å². The van der Waals surface area contributed by atoms with Gasteiger partial charge in [-0.05, 0) is 24.3 Å². The van der Waals surface area contributed by atoms with Gasteiger partial charge in [-0.25, -0.2) is 9.59 Å². The van der Waals surface area contributed by atoms with Crippen LogP contribution in [0.5, 0.6) is 0 Å². The molecule has 0 saturated carbocycles. The fourth-order valence-corrected chi connectivity index (χ4v) is 1.18. The molecule has 84 valence electrons. The first-order valence-corrected chi connectivity index (χ1v) is 4.72. The molecule has 0 spiro atoms. The van der Waals surface area contributed by atoms with Crippen LogP contribution in [0.25, 0.3) is 0 Å². The molecule has 4 heteroatoms. The summed E-state index contributed by atoms with van der Waals surface area (Å²) in [6, 6.07) is 6.18. The van der Waals surface area contributed by atoms with Crippen molar-refractivity contribution in [2.75, 3.05) is 13.2 Å². The van der Waals surface area contributed by atoms with Gasteiger partial charge in [0.25, 0.3) is 0 Å². The van der Waals surface area contributed by atoms with E-state index in [-0.39, 0.29) is 13.2 Å². The van der Waals surface area contributed by atoms with E-state index in [0.717, 1.165) is 0 Å². The van der Waals surface area contributed by atoms with Gasteiger partial charge in [-0.1, -0.05) is 0 Å². The Kier molecular flexibility index (Phi) is 4.27. The lowest BCUT2D eigenvalue weighted by atomic mass is 10.1. The SMILES string of the molecule is C=C.O=C1OCCOC(=O)c2ccc1cc2. The first-order valence-electron chi connectivity index (χ1n) is 4.72. The lowest BCUT2D eigenvalue weighted by Crippen LogP contribution is -2.16. The van der Waals surface area contributed by atoms with Crippen molar-refractivity contribution in [1.29, 1.82) is 0 Å². The molecular formula is C12H12O4. The van der Waals surface area contributed by atoms with Gasteiger partial charge in [-0.2, -0.15) is 0 Å². The predicted molar refractivity (Wildman–Crippen MR) is 58.3 cm³/mol. The Balaban J connectivity index is 0.000000606. The summed E-state index contributed by atoms with van der Waals surface area (Å²) in [5.41, 5.74) is 0.895. The average molecular weight is 220 g/mol. The van der Waals surface area contributed by atoms with Crippen molar-refractivity contribution in [3.8, 4) is 0 Å². The van der Waals surface area contributed by atoms with Crippen molar-refractivity contribution in [2.24, 2.45) is 0 Å². The van der Waals surface area contributed by atoms with Gasteiger partial charge in [0.1, 0.15) is 13.2 Å². The molecule has 2 heterocycles. The van der Waals surface area contributed by atoms with Crippen LogP contribution in [0.4, 0.5) is 0 Å². The first-order chi connectivity index (χ1) is 7.77.